The largest absolute Gasteiger partial charge is 0.463 e. The number of carbonyl (C=O) groups is 1. The van der Waals surface area contributed by atoms with Gasteiger partial charge in [0.05, 0.1) is 37.4 Å². The Labute approximate surface area is 276 Å². The highest BCUT2D eigenvalue weighted by Gasteiger charge is 2.35. The van der Waals surface area contributed by atoms with E-state index < -0.39 is 0 Å². The molecule has 1 atom stereocenters. The van der Waals surface area contributed by atoms with Gasteiger partial charge in [-0.1, -0.05) is 73.5 Å². The summed E-state index contributed by atoms with van der Waals surface area (Å²) < 4.78 is 12.0. The number of hydrogen-bond donors (Lipinski definition) is 0. The third-order valence-corrected chi connectivity index (χ3v) is 9.93. The summed E-state index contributed by atoms with van der Waals surface area (Å²) in [5.41, 5.74) is 5.52. The molecule has 9 heteroatoms. The number of nitriles is 1. The average Bonchev–Trinajstić information content (AvgIpc) is 3.63. The number of piperazine rings is 1. The zero-order valence-corrected chi connectivity index (χ0v) is 27.1. The summed E-state index contributed by atoms with van der Waals surface area (Å²) in [6.45, 7) is 6.02. The second-order valence-electron chi connectivity index (χ2n) is 13.0. The van der Waals surface area contributed by atoms with E-state index in [2.05, 4.69) is 59.2 Å². The molecule has 3 aliphatic rings. The monoisotopic (exact) mass is 630 g/mol. The predicted molar refractivity (Wildman–Crippen MR) is 182 cm³/mol. The maximum atomic E-state index is 13.2. The maximum absolute atomic E-state index is 13.2. The number of carbonyl (C=O) groups excluding carboxylic acids is 1. The van der Waals surface area contributed by atoms with Gasteiger partial charge in [-0.3, -0.25) is 0 Å². The van der Waals surface area contributed by atoms with Crippen molar-refractivity contribution in [3.8, 4) is 12.1 Å². The van der Waals surface area contributed by atoms with Gasteiger partial charge in [-0.15, -0.1) is 0 Å². The highest BCUT2D eigenvalue weighted by Crippen LogP contribution is 2.36. The summed E-state index contributed by atoms with van der Waals surface area (Å²) in [7, 11) is 0. The molecular formula is C38H42N6O3. The van der Waals surface area contributed by atoms with Crippen LogP contribution in [0, 0.1) is 24.2 Å². The molecule has 2 fully saturated rings. The SMILES string of the molecule is Cc1cccc2cccc(N3CCc4c(nc(OCC5CCCC5)nc4N4CCN(C(=O)OCc5ccccc5)[C@@H](CC#N)C4)C3)c12. The minimum Gasteiger partial charge on any atom is -0.463 e. The van der Waals surface area contributed by atoms with Gasteiger partial charge in [0.15, 0.2) is 0 Å². The minimum absolute atomic E-state index is 0.201. The Hall–Kier alpha value is -4.84. The van der Waals surface area contributed by atoms with Crippen LogP contribution in [-0.4, -0.2) is 59.8 Å². The van der Waals surface area contributed by atoms with Gasteiger partial charge >= 0.3 is 12.1 Å². The van der Waals surface area contributed by atoms with Crippen molar-refractivity contribution in [2.45, 2.75) is 64.6 Å². The minimum atomic E-state index is -0.389. The van der Waals surface area contributed by atoms with Crippen molar-refractivity contribution < 1.29 is 14.3 Å². The lowest BCUT2D eigenvalue weighted by Crippen LogP contribution is -2.55. The van der Waals surface area contributed by atoms with Gasteiger partial charge in [-0.05, 0) is 54.7 Å². The molecule has 47 heavy (non-hydrogen) atoms. The molecule has 2 aliphatic heterocycles. The first kappa shape index (κ1) is 30.8. The van der Waals surface area contributed by atoms with E-state index in [-0.39, 0.29) is 25.2 Å². The molecule has 0 unspecified atom stereocenters. The van der Waals surface area contributed by atoms with Gasteiger partial charge in [0.1, 0.15) is 12.4 Å². The summed E-state index contributed by atoms with van der Waals surface area (Å²) >= 11 is 0. The molecule has 1 aromatic heterocycles. The number of fused-ring (bicyclic) bond motifs is 2. The number of hydrogen-bond acceptors (Lipinski definition) is 8. The number of benzene rings is 3. The van der Waals surface area contributed by atoms with E-state index in [4.69, 9.17) is 19.4 Å². The predicted octanol–water partition coefficient (Wildman–Crippen LogP) is 6.81. The van der Waals surface area contributed by atoms with Crippen LogP contribution in [0.1, 0.15) is 54.5 Å². The number of anilines is 2. The Morgan fingerprint density at radius 2 is 1.77 bits per heavy atom. The van der Waals surface area contributed by atoms with Gasteiger partial charge in [0, 0.05) is 42.8 Å². The van der Waals surface area contributed by atoms with Crippen LogP contribution in [0.3, 0.4) is 0 Å². The first-order valence-corrected chi connectivity index (χ1v) is 16.9. The molecule has 3 heterocycles. The molecule has 0 radical (unpaired) electrons. The standard InChI is InChI=1S/C38H42N6O3/c1-27-9-7-14-30-15-8-16-34(35(27)30)42-20-18-32-33(24-42)40-37(46-25-28-12-5-6-13-28)41-36(32)43-21-22-44(31(23-43)17-19-39)38(45)47-26-29-10-3-2-4-11-29/h2-4,7-11,14-16,28,31H,5-6,12-13,17-18,20-26H2,1H3/t31-/m0/s1. The normalized spacial score (nSPS) is 18.2. The summed E-state index contributed by atoms with van der Waals surface area (Å²) in [4.78, 5) is 29.6. The molecule has 7 rings (SSSR count). The Balaban J connectivity index is 1.15. The third kappa shape index (κ3) is 6.69. The molecule has 0 bridgehead atoms. The van der Waals surface area contributed by atoms with Crippen LogP contribution in [0.5, 0.6) is 6.01 Å². The molecule has 4 aromatic rings. The molecular weight excluding hydrogens is 588 g/mol. The fourth-order valence-electron chi connectivity index (χ4n) is 7.43. The first-order valence-electron chi connectivity index (χ1n) is 16.9. The smallest absolute Gasteiger partial charge is 0.410 e. The number of amides is 1. The van der Waals surface area contributed by atoms with Crippen molar-refractivity contribution >= 4 is 28.4 Å². The van der Waals surface area contributed by atoms with Gasteiger partial charge in [0.25, 0.3) is 0 Å². The second kappa shape index (κ2) is 13.9. The molecule has 242 valence electrons. The number of aromatic nitrogens is 2. The molecule has 9 nitrogen and oxygen atoms in total. The quantitative estimate of drug-likeness (QED) is 0.210. The lowest BCUT2D eigenvalue weighted by molar-refractivity contribution is 0.0767. The fraction of sp³-hybridized carbons (Fsp3) is 0.421. The van der Waals surface area contributed by atoms with Crippen molar-refractivity contribution in [2.24, 2.45) is 5.92 Å². The molecule has 1 saturated heterocycles. The molecule has 1 saturated carbocycles. The molecule has 0 spiro atoms. The van der Waals surface area contributed by atoms with E-state index in [1.165, 1.54) is 47.7 Å². The maximum Gasteiger partial charge on any atom is 0.410 e. The van der Waals surface area contributed by atoms with E-state index in [0.29, 0.717) is 44.7 Å². The number of rotatable bonds is 8. The Morgan fingerprint density at radius 3 is 2.57 bits per heavy atom. The second-order valence-corrected chi connectivity index (χ2v) is 13.0. The number of aryl methyl sites for hydroxylation is 1. The lowest BCUT2D eigenvalue weighted by atomic mass is 9.99. The third-order valence-electron chi connectivity index (χ3n) is 9.93. The van der Waals surface area contributed by atoms with Gasteiger partial charge in [-0.25, -0.2) is 4.79 Å². The molecule has 0 N–H and O–H groups in total. The van der Waals surface area contributed by atoms with E-state index in [1.54, 1.807) is 4.90 Å². The number of ether oxygens (including phenoxy) is 2. The topological polar surface area (TPSA) is 94.8 Å². The summed E-state index contributed by atoms with van der Waals surface area (Å²) in [5, 5.41) is 12.2. The van der Waals surface area contributed by atoms with Crippen LogP contribution in [0.25, 0.3) is 10.8 Å². The number of nitrogens with zero attached hydrogens (tertiary/aromatic N) is 6. The Bertz CT molecular complexity index is 1760. The van der Waals surface area contributed by atoms with E-state index in [0.717, 1.165) is 35.6 Å². The van der Waals surface area contributed by atoms with Crippen LogP contribution in [-0.2, 0) is 24.3 Å². The van der Waals surface area contributed by atoms with Crippen LogP contribution in [0.2, 0.25) is 0 Å². The van der Waals surface area contributed by atoms with Crippen LogP contribution in [0.4, 0.5) is 16.3 Å². The summed E-state index contributed by atoms with van der Waals surface area (Å²) in [6.07, 6.45) is 5.49. The molecule has 1 amide bonds. The van der Waals surface area contributed by atoms with Crippen molar-refractivity contribution in [2.75, 3.05) is 42.6 Å². The highest BCUT2D eigenvalue weighted by atomic mass is 16.6. The molecule has 3 aromatic carbocycles. The van der Waals surface area contributed by atoms with Crippen LogP contribution in [0.15, 0.2) is 66.7 Å². The highest BCUT2D eigenvalue weighted by molar-refractivity contribution is 5.97. The van der Waals surface area contributed by atoms with E-state index >= 15 is 0 Å². The van der Waals surface area contributed by atoms with E-state index in [9.17, 15) is 10.1 Å². The summed E-state index contributed by atoms with van der Waals surface area (Å²) in [6, 6.07) is 25.0. The summed E-state index contributed by atoms with van der Waals surface area (Å²) in [5.74, 6) is 1.41. The van der Waals surface area contributed by atoms with Crippen molar-refractivity contribution in [1.82, 2.24) is 14.9 Å². The van der Waals surface area contributed by atoms with Gasteiger partial charge in [-0.2, -0.15) is 15.2 Å². The Morgan fingerprint density at radius 1 is 0.957 bits per heavy atom. The van der Waals surface area contributed by atoms with Crippen molar-refractivity contribution in [1.29, 1.82) is 5.26 Å². The average molecular weight is 631 g/mol. The van der Waals surface area contributed by atoms with Crippen LogP contribution >= 0.6 is 0 Å². The Kier molecular flexibility index (Phi) is 9.09. The fourth-order valence-corrected chi connectivity index (χ4v) is 7.43. The van der Waals surface area contributed by atoms with Crippen molar-refractivity contribution in [3.63, 3.8) is 0 Å². The van der Waals surface area contributed by atoms with Crippen molar-refractivity contribution in [3.05, 3.63) is 89.1 Å². The van der Waals surface area contributed by atoms with Gasteiger partial charge in [0.2, 0.25) is 0 Å². The van der Waals surface area contributed by atoms with Crippen LogP contribution < -0.4 is 14.5 Å². The molecule has 1 aliphatic carbocycles. The first-order chi connectivity index (χ1) is 23.1. The van der Waals surface area contributed by atoms with E-state index in [1.807, 2.05) is 30.3 Å². The van der Waals surface area contributed by atoms with Gasteiger partial charge < -0.3 is 24.2 Å². The lowest BCUT2D eigenvalue weighted by Gasteiger charge is -2.42. The zero-order chi connectivity index (χ0) is 32.2. The zero-order valence-electron chi connectivity index (χ0n) is 27.1.